The number of hydrogen-bond donors (Lipinski definition) is 1. The molecule has 0 aliphatic heterocycles. The second kappa shape index (κ2) is 9.08. The molecule has 6 heteroatoms. The Kier molecular flexibility index (Phi) is 7.12. The molecule has 0 unspecified atom stereocenters. The fourth-order valence-corrected chi connectivity index (χ4v) is 3.31. The van der Waals surface area contributed by atoms with Crippen LogP contribution in [0.5, 0.6) is 5.75 Å². The second-order valence-corrected chi connectivity index (χ2v) is 7.19. The van der Waals surface area contributed by atoms with Gasteiger partial charge in [0.25, 0.3) is 0 Å². The average Bonchev–Trinajstić information content (AvgIpc) is 2.55. The lowest BCUT2D eigenvalue weighted by atomic mass is 10.1. The number of halogens is 2. The summed E-state index contributed by atoms with van der Waals surface area (Å²) >= 11 is 4.82. The van der Waals surface area contributed by atoms with Crippen LogP contribution in [0.2, 0.25) is 0 Å². The van der Waals surface area contributed by atoms with Crippen molar-refractivity contribution in [3.05, 3.63) is 63.9 Å². The first-order valence-electron chi connectivity index (χ1n) is 7.44. The monoisotopic (exact) mass is 411 g/mol. The summed E-state index contributed by atoms with van der Waals surface area (Å²) in [5, 5.41) is 2.96. The van der Waals surface area contributed by atoms with Crippen LogP contribution >= 0.6 is 27.7 Å². The highest BCUT2D eigenvalue weighted by Gasteiger charge is 2.11. The van der Waals surface area contributed by atoms with Crippen molar-refractivity contribution in [2.75, 3.05) is 12.9 Å². The lowest BCUT2D eigenvalue weighted by molar-refractivity contribution is -0.119. The van der Waals surface area contributed by atoms with Gasteiger partial charge in [-0.2, -0.15) is 0 Å². The van der Waals surface area contributed by atoms with E-state index in [0.29, 0.717) is 17.3 Å². The number of amides is 1. The van der Waals surface area contributed by atoms with E-state index in [9.17, 15) is 9.18 Å². The van der Waals surface area contributed by atoms with Crippen molar-refractivity contribution in [1.82, 2.24) is 5.32 Å². The Morgan fingerprint density at radius 3 is 2.67 bits per heavy atom. The maximum atomic E-state index is 13.3. The Hall–Kier alpha value is -1.53. The highest BCUT2D eigenvalue weighted by Crippen LogP contribution is 2.24. The van der Waals surface area contributed by atoms with Crippen molar-refractivity contribution in [2.24, 2.45) is 0 Å². The van der Waals surface area contributed by atoms with Crippen LogP contribution in [0.25, 0.3) is 0 Å². The number of methoxy groups -OCH3 is 1. The van der Waals surface area contributed by atoms with E-state index in [1.165, 1.54) is 23.9 Å². The molecule has 128 valence electrons. The quantitative estimate of drug-likeness (QED) is 0.716. The smallest absolute Gasteiger partial charge is 0.230 e. The van der Waals surface area contributed by atoms with Crippen LogP contribution in [0.15, 0.2) is 46.9 Å². The second-order valence-electron chi connectivity index (χ2n) is 5.29. The Labute approximate surface area is 154 Å². The van der Waals surface area contributed by atoms with Gasteiger partial charge in [0.1, 0.15) is 11.6 Å². The van der Waals surface area contributed by atoms with Crippen molar-refractivity contribution in [1.29, 1.82) is 0 Å². The van der Waals surface area contributed by atoms with Gasteiger partial charge < -0.3 is 10.1 Å². The van der Waals surface area contributed by atoms with Crippen molar-refractivity contribution < 1.29 is 13.9 Å². The molecule has 0 aromatic heterocycles. The van der Waals surface area contributed by atoms with E-state index < -0.39 is 0 Å². The first-order valence-corrected chi connectivity index (χ1v) is 9.39. The molecular formula is C18H19BrFNO2S. The summed E-state index contributed by atoms with van der Waals surface area (Å²) in [4.78, 5) is 12.1. The van der Waals surface area contributed by atoms with Gasteiger partial charge in [-0.05, 0) is 42.8 Å². The summed E-state index contributed by atoms with van der Waals surface area (Å²) in [5.74, 6) is 1.10. The van der Waals surface area contributed by atoms with Gasteiger partial charge in [-0.25, -0.2) is 4.39 Å². The molecule has 3 nitrogen and oxygen atoms in total. The van der Waals surface area contributed by atoms with E-state index in [-0.39, 0.29) is 17.8 Å². The fourth-order valence-electron chi connectivity index (χ4n) is 2.23. The predicted octanol–water partition coefficient (Wildman–Crippen LogP) is 4.71. The number of benzene rings is 2. The molecule has 1 amide bonds. The largest absolute Gasteiger partial charge is 0.496 e. The number of carbonyl (C=O) groups excluding carboxylic acids is 1. The Balaban J connectivity index is 1.83. The molecule has 0 fully saturated rings. The van der Waals surface area contributed by atoms with Gasteiger partial charge in [0, 0.05) is 15.8 Å². The third kappa shape index (κ3) is 5.53. The van der Waals surface area contributed by atoms with Gasteiger partial charge in [0.2, 0.25) is 5.91 Å². The SMILES string of the molecule is COc1ccc(F)cc1CSCC(=O)N[C@@H](C)c1ccc(Br)cc1. The maximum absolute atomic E-state index is 13.3. The molecule has 0 radical (unpaired) electrons. The molecule has 0 saturated heterocycles. The molecule has 0 aliphatic carbocycles. The molecule has 2 rings (SSSR count). The molecule has 0 bridgehead atoms. The lowest BCUT2D eigenvalue weighted by Crippen LogP contribution is -2.28. The van der Waals surface area contributed by atoms with E-state index in [1.807, 2.05) is 31.2 Å². The van der Waals surface area contributed by atoms with E-state index in [2.05, 4.69) is 21.2 Å². The summed E-state index contributed by atoms with van der Waals surface area (Å²) in [7, 11) is 1.55. The Bertz CT molecular complexity index is 694. The highest BCUT2D eigenvalue weighted by atomic mass is 79.9. The lowest BCUT2D eigenvalue weighted by Gasteiger charge is -2.14. The molecule has 0 heterocycles. The summed E-state index contributed by atoms with van der Waals surface area (Å²) in [6.07, 6.45) is 0. The molecule has 0 aliphatic rings. The summed E-state index contributed by atoms with van der Waals surface area (Å²) in [6, 6.07) is 12.2. The molecule has 24 heavy (non-hydrogen) atoms. The summed E-state index contributed by atoms with van der Waals surface area (Å²) in [5.41, 5.74) is 1.79. The van der Waals surface area contributed by atoms with Crippen LogP contribution in [0.1, 0.15) is 24.1 Å². The molecule has 1 atom stereocenters. The van der Waals surface area contributed by atoms with Crippen LogP contribution in [0.3, 0.4) is 0 Å². The minimum Gasteiger partial charge on any atom is -0.496 e. The average molecular weight is 412 g/mol. The Morgan fingerprint density at radius 1 is 1.29 bits per heavy atom. The van der Waals surface area contributed by atoms with Crippen molar-refractivity contribution in [3.63, 3.8) is 0 Å². The van der Waals surface area contributed by atoms with E-state index in [0.717, 1.165) is 15.6 Å². The minimum atomic E-state index is -0.306. The maximum Gasteiger partial charge on any atom is 0.230 e. The zero-order chi connectivity index (χ0) is 17.5. The summed E-state index contributed by atoms with van der Waals surface area (Å²) in [6.45, 7) is 1.95. The molecular weight excluding hydrogens is 393 g/mol. The van der Waals surface area contributed by atoms with E-state index in [1.54, 1.807) is 13.2 Å². The van der Waals surface area contributed by atoms with Gasteiger partial charge in [-0.1, -0.05) is 28.1 Å². The number of ether oxygens (including phenoxy) is 1. The molecule has 0 saturated carbocycles. The molecule has 2 aromatic carbocycles. The van der Waals surface area contributed by atoms with Crippen molar-refractivity contribution in [3.8, 4) is 5.75 Å². The zero-order valence-electron chi connectivity index (χ0n) is 13.5. The van der Waals surface area contributed by atoms with Crippen molar-refractivity contribution in [2.45, 2.75) is 18.7 Å². The fraction of sp³-hybridized carbons (Fsp3) is 0.278. The number of carbonyl (C=O) groups is 1. The van der Waals surface area contributed by atoms with Crippen molar-refractivity contribution >= 4 is 33.6 Å². The zero-order valence-corrected chi connectivity index (χ0v) is 15.9. The van der Waals surface area contributed by atoms with Gasteiger partial charge in [0.15, 0.2) is 0 Å². The molecule has 0 spiro atoms. The minimum absolute atomic E-state index is 0.0502. The van der Waals surface area contributed by atoms with Gasteiger partial charge in [0.05, 0.1) is 18.9 Å². The topological polar surface area (TPSA) is 38.3 Å². The third-order valence-electron chi connectivity index (χ3n) is 3.48. The first kappa shape index (κ1) is 18.8. The van der Waals surface area contributed by atoms with Gasteiger partial charge in [-0.3, -0.25) is 4.79 Å². The highest BCUT2D eigenvalue weighted by molar-refractivity contribution is 9.10. The number of rotatable bonds is 7. The predicted molar refractivity (Wildman–Crippen MR) is 99.8 cm³/mol. The standard InChI is InChI=1S/C18H19BrFNO2S/c1-12(13-3-5-15(19)6-4-13)21-18(22)11-24-10-14-9-16(20)7-8-17(14)23-2/h3-9,12H,10-11H2,1-2H3,(H,21,22)/t12-/m0/s1. The third-order valence-corrected chi connectivity index (χ3v) is 4.99. The molecule has 2 aromatic rings. The van der Waals surface area contributed by atoms with Crippen LogP contribution in [0.4, 0.5) is 4.39 Å². The number of hydrogen-bond acceptors (Lipinski definition) is 3. The first-order chi connectivity index (χ1) is 11.5. The van der Waals surface area contributed by atoms with Crippen LogP contribution < -0.4 is 10.1 Å². The van der Waals surface area contributed by atoms with Crippen LogP contribution in [-0.4, -0.2) is 18.8 Å². The van der Waals surface area contributed by atoms with Crippen LogP contribution in [0, 0.1) is 5.82 Å². The Morgan fingerprint density at radius 2 is 2.00 bits per heavy atom. The van der Waals surface area contributed by atoms with E-state index >= 15 is 0 Å². The van der Waals surface area contributed by atoms with E-state index in [4.69, 9.17) is 4.74 Å². The summed E-state index contributed by atoms with van der Waals surface area (Å²) < 4.78 is 19.5. The van der Waals surface area contributed by atoms with Crippen LogP contribution in [-0.2, 0) is 10.5 Å². The number of nitrogens with one attached hydrogen (secondary N) is 1. The molecule has 1 N–H and O–H groups in total. The normalized spacial score (nSPS) is 11.8. The van der Waals surface area contributed by atoms with Gasteiger partial charge >= 0.3 is 0 Å². The number of thioether (sulfide) groups is 1. The van der Waals surface area contributed by atoms with Gasteiger partial charge in [-0.15, -0.1) is 11.8 Å².